The molecule has 6 heteroatoms. The van der Waals surface area contributed by atoms with Crippen LogP contribution in [-0.4, -0.2) is 9.13 Å². The number of fused-ring (bicyclic) bond motifs is 14. The molecule has 336 valence electrons. The lowest BCUT2D eigenvalue weighted by Crippen LogP contribution is -2.09. The van der Waals surface area contributed by atoms with Gasteiger partial charge in [0.05, 0.1) is 0 Å². The van der Waals surface area contributed by atoms with Gasteiger partial charge >= 0.3 is 0 Å². The van der Waals surface area contributed by atoms with Crippen molar-refractivity contribution in [3.63, 3.8) is 0 Å². The highest BCUT2D eigenvalue weighted by molar-refractivity contribution is 6.20. The number of anilines is 6. The van der Waals surface area contributed by atoms with Crippen molar-refractivity contribution in [3.05, 3.63) is 218 Å². The first-order valence-corrected chi connectivity index (χ1v) is 24.3. The number of aryl methyl sites for hydroxylation is 3. The Hall–Kier alpha value is -9.26. The summed E-state index contributed by atoms with van der Waals surface area (Å²) in [6.07, 6.45) is 0. The summed E-state index contributed by atoms with van der Waals surface area (Å²) < 4.78 is 18.2. The first kappa shape index (κ1) is 39.7. The van der Waals surface area contributed by atoms with Crippen molar-refractivity contribution in [2.75, 3.05) is 9.80 Å². The molecule has 0 spiro atoms. The predicted octanol–water partition coefficient (Wildman–Crippen LogP) is 18.3. The first-order chi connectivity index (χ1) is 34.9. The van der Waals surface area contributed by atoms with Gasteiger partial charge in [-0.25, -0.2) is 0 Å². The van der Waals surface area contributed by atoms with Crippen LogP contribution in [0.4, 0.5) is 34.1 Å². The Balaban J connectivity index is 0.832. The number of hydrogen-bond acceptors (Lipinski definition) is 4. The van der Waals surface area contributed by atoms with Gasteiger partial charge in [0.15, 0.2) is 0 Å². The Morgan fingerprint density at radius 1 is 0.296 bits per heavy atom. The van der Waals surface area contributed by atoms with Gasteiger partial charge in [-0.1, -0.05) is 84.9 Å². The summed E-state index contributed by atoms with van der Waals surface area (Å²) in [5.41, 5.74) is 15.8. The lowest BCUT2D eigenvalue weighted by molar-refractivity contribution is 0.651. The number of para-hydroxylation sites is 4. The molecule has 0 bridgehead atoms. The molecule has 0 amide bonds. The van der Waals surface area contributed by atoms with Crippen LogP contribution in [0.25, 0.3) is 109 Å². The standard InChI is InChI=1S/C65H44N4O2/c1-39-64-56(54-32-40-22-24-46(30-42(40)34-62(54)70-64)68(44-14-6-4-7-15-44)48-26-28-60-52(36-48)50-18-10-12-20-58(50)66(60)2)38-57-55-33-41-23-25-47(31-43(41)35-63(55)71-65(39)57)69(45-16-8-5-9-17-45)49-27-29-61-53(37-49)51-19-11-13-21-59(51)67(61)3/h4-38H,1-3H3. The van der Waals surface area contributed by atoms with Gasteiger partial charge in [-0.3, -0.25) is 0 Å². The SMILES string of the molecule is Cc1c2oc3cc4cc(N(c5ccccc5)c5ccc6c(c5)c5ccccc5n6C)ccc4cc3c2cc2c1oc1cc3cc(N(c4ccccc4)c4ccc5c(c4)c4ccccc4n5C)ccc3cc12. The molecule has 0 aliphatic rings. The van der Waals surface area contributed by atoms with Crippen molar-refractivity contribution in [3.8, 4) is 0 Å². The van der Waals surface area contributed by atoms with E-state index in [1.165, 1.54) is 43.6 Å². The average molecular weight is 913 g/mol. The number of aromatic nitrogens is 2. The number of benzene rings is 11. The van der Waals surface area contributed by atoms with Gasteiger partial charge in [-0.05, 0) is 156 Å². The molecule has 11 aromatic carbocycles. The zero-order valence-corrected chi connectivity index (χ0v) is 39.3. The van der Waals surface area contributed by atoms with Crippen molar-refractivity contribution in [2.24, 2.45) is 14.1 Å². The fraction of sp³-hybridized carbons (Fsp3) is 0.0462. The van der Waals surface area contributed by atoms with E-state index in [0.717, 1.165) is 105 Å². The first-order valence-electron chi connectivity index (χ1n) is 24.3. The maximum Gasteiger partial charge on any atom is 0.142 e. The highest BCUT2D eigenvalue weighted by atomic mass is 16.3. The van der Waals surface area contributed by atoms with Gasteiger partial charge in [0.25, 0.3) is 0 Å². The highest BCUT2D eigenvalue weighted by Crippen LogP contribution is 2.45. The third kappa shape index (κ3) is 5.88. The average Bonchev–Trinajstić information content (AvgIpc) is 4.13. The summed E-state index contributed by atoms with van der Waals surface area (Å²) in [6.45, 7) is 2.13. The molecule has 0 N–H and O–H groups in total. The van der Waals surface area contributed by atoms with E-state index in [4.69, 9.17) is 8.83 Å². The van der Waals surface area contributed by atoms with Crippen molar-refractivity contribution in [1.82, 2.24) is 9.13 Å². The molecular formula is C65H44N4O2. The van der Waals surface area contributed by atoms with E-state index in [0.29, 0.717) is 0 Å². The van der Waals surface area contributed by atoms with Crippen LogP contribution in [0.1, 0.15) is 5.56 Å². The molecule has 0 radical (unpaired) electrons. The number of furan rings is 2. The van der Waals surface area contributed by atoms with E-state index in [-0.39, 0.29) is 0 Å². The molecule has 0 atom stereocenters. The zero-order chi connectivity index (χ0) is 47.1. The van der Waals surface area contributed by atoms with Crippen LogP contribution in [0.15, 0.2) is 221 Å². The largest absolute Gasteiger partial charge is 0.456 e. The van der Waals surface area contributed by atoms with E-state index < -0.39 is 0 Å². The topological polar surface area (TPSA) is 42.6 Å². The molecule has 4 aromatic heterocycles. The number of rotatable bonds is 6. The zero-order valence-electron chi connectivity index (χ0n) is 39.3. The van der Waals surface area contributed by atoms with Crippen LogP contribution in [-0.2, 0) is 14.1 Å². The molecule has 71 heavy (non-hydrogen) atoms. The third-order valence-corrected chi connectivity index (χ3v) is 15.2. The van der Waals surface area contributed by atoms with Gasteiger partial charge in [-0.15, -0.1) is 0 Å². The normalized spacial score (nSPS) is 12.2. The Bertz CT molecular complexity index is 4390. The summed E-state index contributed by atoms with van der Waals surface area (Å²) in [5.74, 6) is 0. The fourth-order valence-electron chi connectivity index (χ4n) is 11.7. The number of hydrogen-bond donors (Lipinski definition) is 0. The smallest absolute Gasteiger partial charge is 0.142 e. The molecule has 15 aromatic rings. The maximum atomic E-state index is 6.83. The molecule has 0 aliphatic carbocycles. The molecule has 0 saturated carbocycles. The van der Waals surface area contributed by atoms with Crippen LogP contribution in [0.2, 0.25) is 0 Å². The summed E-state index contributed by atoms with van der Waals surface area (Å²) in [5, 5.41) is 13.9. The lowest BCUT2D eigenvalue weighted by Gasteiger charge is -2.26. The summed E-state index contributed by atoms with van der Waals surface area (Å²) >= 11 is 0. The monoisotopic (exact) mass is 912 g/mol. The second-order valence-electron chi connectivity index (χ2n) is 19.1. The fourth-order valence-corrected chi connectivity index (χ4v) is 11.7. The van der Waals surface area contributed by atoms with E-state index in [1.807, 2.05) is 0 Å². The summed E-state index contributed by atoms with van der Waals surface area (Å²) in [6, 6.07) is 77.0. The van der Waals surface area contributed by atoms with Gasteiger partial charge in [0, 0.05) is 119 Å². The second-order valence-corrected chi connectivity index (χ2v) is 19.1. The quantitative estimate of drug-likeness (QED) is 0.167. The van der Waals surface area contributed by atoms with Crippen LogP contribution >= 0.6 is 0 Å². The summed E-state index contributed by atoms with van der Waals surface area (Å²) in [7, 11) is 4.29. The molecule has 0 unspecified atom stereocenters. The minimum atomic E-state index is 0.852. The Morgan fingerprint density at radius 2 is 0.690 bits per heavy atom. The van der Waals surface area contributed by atoms with E-state index in [1.54, 1.807) is 0 Å². The molecular weight excluding hydrogens is 869 g/mol. The van der Waals surface area contributed by atoms with Crippen LogP contribution in [0.5, 0.6) is 0 Å². The van der Waals surface area contributed by atoms with Gasteiger partial charge in [0.1, 0.15) is 22.3 Å². The van der Waals surface area contributed by atoms with Crippen LogP contribution in [0.3, 0.4) is 0 Å². The predicted molar refractivity (Wildman–Crippen MR) is 298 cm³/mol. The summed E-state index contributed by atoms with van der Waals surface area (Å²) in [4.78, 5) is 4.70. The van der Waals surface area contributed by atoms with Crippen molar-refractivity contribution in [1.29, 1.82) is 0 Å². The van der Waals surface area contributed by atoms with Crippen LogP contribution < -0.4 is 9.80 Å². The molecule has 4 heterocycles. The molecule has 0 aliphatic heterocycles. The second kappa shape index (κ2) is 14.9. The van der Waals surface area contributed by atoms with E-state index >= 15 is 0 Å². The molecule has 0 saturated heterocycles. The minimum absolute atomic E-state index is 0.852. The molecule has 0 fully saturated rings. The number of nitrogens with zero attached hydrogens (tertiary/aromatic N) is 4. The lowest BCUT2D eigenvalue weighted by atomic mass is 10.0. The maximum absolute atomic E-state index is 6.83. The minimum Gasteiger partial charge on any atom is -0.456 e. The Morgan fingerprint density at radius 3 is 1.15 bits per heavy atom. The van der Waals surface area contributed by atoms with Gasteiger partial charge in [-0.2, -0.15) is 0 Å². The van der Waals surface area contributed by atoms with Crippen LogP contribution in [0, 0.1) is 6.92 Å². The van der Waals surface area contributed by atoms with Crippen molar-refractivity contribution in [2.45, 2.75) is 6.92 Å². The highest BCUT2D eigenvalue weighted by Gasteiger charge is 2.22. The molecule has 6 nitrogen and oxygen atoms in total. The Labute approximate surface area is 408 Å². The van der Waals surface area contributed by atoms with E-state index in [9.17, 15) is 0 Å². The van der Waals surface area contributed by atoms with Gasteiger partial charge in [0.2, 0.25) is 0 Å². The Kier molecular flexibility index (Phi) is 8.32. The van der Waals surface area contributed by atoms with Gasteiger partial charge < -0.3 is 27.8 Å². The van der Waals surface area contributed by atoms with Crippen molar-refractivity contribution >= 4 is 143 Å². The third-order valence-electron chi connectivity index (χ3n) is 15.2. The van der Waals surface area contributed by atoms with E-state index in [2.05, 4.69) is 252 Å². The van der Waals surface area contributed by atoms with Crippen molar-refractivity contribution < 1.29 is 8.83 Å². The molecule has 15 rings (SSSR count).